The number of benzene rings is 1. The van der Waals surface area contributed by atoms with E-state index in [1.807, 2.05) is 0 Å². The molecule has 0 aliphatic rings. The number of hydrogen-bond donors (Lipinski definition) is 1. The fourth-order valence-electron chi connectivity index (χ4n) is 2.01. The van der Waals surface area contributed by atoms with Crippen molar-refractivity contribution in [2.45, 2.75) is 27.0 Å². The van der Waals surface area contributed by atoms with Gasteiger partial charge in [0, 0.05) is 11.9 Å². The molecule has 1 atom stereocenters. The second-order valence-corrected chi connectivity index (χ2v) is 5.56. The van der Waals surface area contributed by atoms with Crippen LogP contribution >= 0.6 is 11.6 Å². The Morgan fingerprint density at radius 2 is 2.22 bits per heavy atom. The Labute approximate surface area is 137 Å². The van der Waals surface area contributed by atoms with Crippen LogP contribution in [0.5, 0.6) is 5.75 Å². The third-order valence-electron chi connectivity index (χ3n) is 3.19. The molecule has 0 radical (unpaired) electrons. The van der Waals surface area contributed by atoms with Gasteiger partial charge in [0.15, 0.2) is 0 Å². The summed E-state index contributed by atoms with van der Waals surface area (Å²) >= 11 is 5.78. The molecule has 8 heteroatoms. The van der Waals surface area contributed by atoms with Crippen LogP contribution in [0.1, 0.15) is 12.5 Å². The van der Waals surface area contributed by atoms with Crippen LogP contribution in [0.3, 0.4) is 0 Å². The van der Waals surface area contributed by atoms with Gasteiger partial charge in [0.2, 0.25) is 5.91 Å². The molecule has 5 nitrogen and oxygen atoms in total. The van der Waals surface area contributed by atoms with E-state index >= 15 is 0 Å². The van der Waals surface area contributed by atoms with Crippen LogP contribution < -0.4 is 10.1 Å². The summed E-state index contributed by atoms with van der Waals surface area (Å²) in [6.45, 7) is 0.959. The largest absolute Gasteiger partial charge is 0.435 e. The van der Waals surface area contributed by atoms with Gasteiger partial charge in [-0.05, 0) is 30.7 Å². The maximum absolute atomic E-state index is 12.2. The molecule has 2 aromatic rings. The first-order chi connectivity index (χ1) is 10.8. The molecule has 0 fully saturated rings. The number of aryl methyl sites for hydroxylation is 1. The van der Waals surface area contributed by atoms with Gasteiger partial charge in [0.05, 0.1) is 23.7 Å². The lowest BCUT2D eigenvalue weighted by atomic mass is 10.1. The molecule has 0 spiro atoms. The van der Waals surface area contributed by atoms with Gasteiger partial charge in [-0.3, -0.25) is 9.48 Å². The predicted octanol–water partition coefficient (Wildman–Crippen LogP) is 3.72. The van der Waals surface area contributed by atoms with Gasteiger partial charge in [0.1, 0.15) is 5.75 Å². The Hall–Kier alpha value is -2.15. The number of anilines is 1. The van der Waals surface area contributed by atoms with Crippen molar-refractivity contribution < 1.29 is 18.3 Å². The lowest BCUT2D eigenvalue weighted by Crippen LogP contribution is -2.25. The highest BCUT2D eigenvalue weighted by Gasteiger charge is 2.16. The number of ether oxygens (including phenoxy) is 1. The molecular weight excluding hydrogens is 328 g/mol. The molecular formula is C15H16ClF2N3O2. The molecule has 0 aliphatic carbocycles. The van der Waals surface area contributed by atoms with Crippen molar-refractivity contribution >= 4 is 23.2 Å². The number of halogens is 3. The van der Waals surface area contributed by atoms with Gasteiger partial charge in [-0.1, -0.05) is 18.5 Å². The molecule has 0 bridgehead atoms. The quantitative estimate of drug-likeness (QED) is 0.869. The minimum absolute atomic E-state index is 0.0507. The van der Waals surface area contributed by atoms with E-state index in [1.165, 1.54) is 24.4 Å². The molecule has 2 rings (SSSR count). The maximum atomic E-state index is 12.2. The van der Waals surface area contributed by atoms with E-state index in [4.69, 9.17) is 11.6 Å². The van der Waals surface area contributed by atoms with E-state index in [0.717, 1.165) is 0 Å². The second kappa shape index (κ2) is 7.41. The van der Waals surface area contributed by atoms with Crippen molar-refractivity contribution in [1.82, 2.24) is 9.78 Å². The number of carbonyl (C=O) groups is 1. The number of carbonyl (C=O) groups excluding carboxylic acids is 1. The Morgan fingerprint density at radius 3 is 2.78 bits per heavy atom. The first-order valence-corrected chi connectivity index (χ1v) is 7.27. The predicted molar refractivity (Wildman–Crippen MR) is 82.8 cm³/mol. The van der Waals surface area contributed by atoms with Gasteiger partial charge >= 0.3 is 6.61 Å². The summed E-state index contributed by atoms with van der Waals surface area (Å²) in [4.78, 5) is 12.2. The number of aromatic nitrogens is 2. The first kappa shape index (κ1) is 17.2. The Morgan fingerprint density at radius 1 is 1.48 bits per heavy atom. The third-order valence-corrected chi connectivity index (χ3v) is 3.39. The zero-order valence-electron chi connectivity index (χ0n) is 12.6. The van der Waals surface area contributed by atoms with E-state index < -0.39 is 6.61 Å². The topological polar surface area (TPSA) is 56.1 Å². The lowest BCUT2D eigenvalue weighted by molar-refractivity contribution is -0.119. The highest BCUT2D eigenvalue weighted by Crippen LogP contribution is 2.23. The maximum Gasteiger partial charge on any atom is 0.387 e. The molecule has 1 aromatic carbocycles. The molecule has 1 amide bonds. The SMILES string of the molecule is Cc1cc(OC(F)F)ccc1NC(=O)C(C)Cn1cc(Cl)cn1. The summed E-state index contributed by atoms with van der Waals surface area (Å²) in [7, 11) is 0. The van der Waals surface area contributed by atoms with E-state index in [1.54, 1.807) is 24.7 Å². The molecule has 124 valence electrons. The van der Waals surface area contributed by atoms with Crippen LogP contribution in [0.15, 0.2) is 30.6 Å². The minimum Gasteiger partial charge on any atom is -0.435 e. The number of hydrogen-bond acceptors (Lipinski definition) is 3. The summed E-state index contributed by atoms with van der Waals surface area (Å²) in [5.41, 5.74) is 1.17. The molecule has 0 saturated carbocycles. The van der Waals surface area contributed by atoms with Crippen molar-refractivity contribution in [2.24, 2.45) is 5.92 Å². The molecule has 0 aliphatic heterocycles. The minimum atomic E-state index is -2.88. The summed E-state index contributed by atoms with van der Waals surface area (Å²) in [6.07, 6.45) is 3.13. The Balaban J connectivity index is 1.99. The molecule has 1 N–H and O–H groups in total. The van der Waals surface area contributed by atoms with Gasteiger partial charge in [-0.2, -0.15) is 13.9 Å². The van der Waals surface area contributed by atoms with Crippen LogP contribution in [0.2, 0.25) is 5.02 Å². The number of amides is 1. The van der Waals surface area contributed by atoms with Crippen molar-refractivity contribution in [3.63, 3.8) is 0 Å². The fraction of sp³-hybridized carbons (Fsp3) is 0.333. The Bertz CT molecular complexity index is 691. The fourth-order valence-corrected chi connectivity index (χ4v) is 2.17. The van der Waals surface area contributed by atoms with Gasteiger partial charge in [-0.25, -0.2) is 0 Å². The Kier molecular flexibility index (Phi) is 5.54. The number of nitrogens with zero attached hydrogens (tertiary/aromatic N) is 2. The zero-order chi connectivity index (χ0) is 17.0. The normalized spacial score (nSPS) is 12.3. The van der Waals surface area contributed by atoms with Gasteiger partial charge < -0.3 is 10.1 Å². The highest BCUT2D eigenvalue weighted by molar-refractivity contribution is 6.30. The van der Waals surface area contributed by atoms with Crippen molar-refractivity contribution in [2.75, 3.05) is 5.32 Å². The average molecular weight is 344 g/mol. The molecule has 1 unspecified atom stereocenters. The van der Waals surface area contributed by atoms with Gasteiger partial charge in [-0.15, -0.1) is 0 Å². The first-order valence-electron chi connectivity index (χ1n) is 6.89. The monoisotopic (exact) mass is 343 g/mol. The summed E-state index contributed by atoms with van der Waals surface area (Å²) < 4.78 is 30.2. The smallest absolute Gasteiger partial charge is 0.387 e. The third kappa shape index (κ3) is 4.92. The number of alkyl halides is 2. The van der Waals surface area contributed by atoms with Crippen LogP contribution in [0, 0.1) is 12.8 Å². The van der Waals surface area contributed by atoms with Crippen LogP contribution in [-0.2, 0) is 11.3 Å². The molecule has 1 heterocycles. The van der Waals surface area contributed by atoms with Crippen LogP contribution in [-0.4, -0.2) is 22.3 Å². The van der Waals surface area contributed by atoms with E-state index in [2.05, 4.69) is 15.2 Å². The second-order valence-electron chi connectivity index (χ2n) is 5.13. The summed E-state index contributed by atoms with van der Waals surface area (Å²) in [5.74, 6) is -0.501. The molecule has 0 saturated heterocycles. The average Bonchev–Trinajstić information content (AvgIpc) is 2.86. The number of nitrogens with one attached hydrogen (secondary N) is 1. The van der Waals surface area contributed by atoms with Crippen molar-refractivity contribution in [3.05, 3.63) is 41.2 Å². The molecule has 23 heavy (non-hydrogen) atoms. The van der Waals surface area contributed by atoms with Crippen LogP contribution in [0.25, 0.3) is 0 Å². The van der Waals surface area contributed by atoms with Gasteiger partial charge in [0.25, 0.3) is 0 Å². The van der Waals surface area contributed by atoms with Crippen molar-refractivity contribution in [1.29, 1.82) is 0 Å². The van der Waals surface area contributed by atoms with E-state index in [9.17, 15) is 13.6 Å². The molecule has 1 aromatic heterocycles. The highest BCUT2D eigenvalue weighted by atomic mass is 35.5. The van der Waals surface area contributed by atoms with E-state index in [0.29, 0.717) is 22.8 Å². The summed E-state index contributed by atoms with van der Waals surface area (Å²) in [5, 5.41) is 7.28. The lowest BCUT2D eigenvalue weighted by Gasteiger charge is -2.14. The summed E-state index contributed by atoms with van der Waals surface area (Å²) in [6, 6.07) is 4.36. The standard InChI is InChI=1S/C15H16ClF2N3O2/c1-9-5-12(23-15(17)18)3-4-13(9)20-14(22)10(2)7-21-8-11(16)6-19-21/h3-6,8,10,15H,7H2,1-2H3,(H,20,22). The number of rotatable bonds is 6. The zero-order valence-corrected chi connectivity index (χ0v) is 13.3. The van der Waals surface area contributed by atoms with E-state index in [-0.39, 0.29) is 17.6 Å². The van der Waals surface area contributed by atoms with Crippen molar-refractivity contribution in [3.8, 4) is 5.75 Å². The van der Waals surface area contributed by atoms with Crippen LogP contribution in [0.4, 0.5) is 14.5 Å².